The summed E-state index contributed by atoms with van der Waals surface area (Å²) in [7, 11) is 0. The second kappa shape index (κ2) is 7.81. The van der Waals surface area contributed by atoms with E-state index in [1.54, 1.807) is 0 Å². The molecule has 4 aromatic carbocycles. The molecular formula is C25H22O3. The minimum atomic E-state index is 0.568. The van der Waals surface area contributed by atoms with Crippen molar-refractivity contribution in [3.8, 4) is 5.75 Å². The molecule has 140 valence electrons. The Hall–Kier alpha value is -3.20. The van der Waals surface area contributed by atoms with Crippen molar-refractivity contribution < 1.29 is 14.3 Å². The van der Waals surface area contributed by atoms with Gasteiger partial charge in [0.15, 0.2) is 6.29 Å². The molecular weight excluding hydrogens is 348 g/mol. The monoisotopic (exact) mass is 370 g/mol. The van der Waals surface area contributed by atoms with Crippen LogP contribution in [0.15, 0.2) is 54.6 Å². The van der Waals surface area contributed by atoms with Gasteiger partial charge in [-0.15, -0.1) is 0 Å². The van der Waals surface area contributed by atoms with Gasteiger partial charge in [-0.3, -0.25) is 9.59 Å². The van der Waals surface area contributed by atoms with E-state index in [0.29, 0.717) is 23.5 Å². The van der Waals surface area contributed by atoms with Gasteiger partial charge in [0.25, 0.3) is 0 Å². The van der Waals surface area contributed by atoms with E-state index in [4.69, 9.17) is 4.74 Å². The van der Waals surface area contributed by atoms with Gasteiger partial charge in [-0.05, 0) is 45.5 Å². The van der Waals surface area contributed by atoms with Gasteiger partial charge in [0.05, 0.1) is 12.2 Å². The van der Waals surface area contributed by atoms with Crippen LogP contribution in [0.1, 0.15) is 46.9 Å². The van der Waals surface area contributed by atoms with Crippen molar-refractivity contribution in [2.75, 3.05) is 6.61 Å². The Balaban J connectivity index is 2.08. The van der Waals surface area contributed by atoms with Crippen LogP contribution < -0.4 is 4.74 Å². The summed E-state index contributed by atoms with van der Waals surface area (Å²) < 4.78 is 6.16. The standard InChI is InChI=1S/C25H22O3/c1-2-3-6-13-28-25-18(16-27)10-12-22-20-11-9-17(15-26)14-23(20)19-7-4-5-8-21(19)24(22)25/h4-5,7-12,14-16H,2-3,6,13H2,1H3. The molecule has 3 nitrogen and oxygen atoms in total. The van der Waals surface area contributed by atoms with Crippen LogP contribution in [0.2, 0.25) is 0 Å². The highest BCUT2D eigenvalue weighted by Crippen LogP contribution is 2.41. The van der Waals surface area contributed by atoms with Crippen LogP contribution >= 0.6 is 0 Å². The maximum atomic E-state index is 11.7. The molecule has 0 aliphatic heterocycles. The van der Waals surface area contributed by atoms with Gasteiger partial charge >= 0.3 is 0 Å². The molecule has 0 heterocycles. The quantitative estimate of drug-likeness (QED) is 0.217. The first kappa shape index (κ1) is 18.2. The smallest absolute Gasteiger partial charge is 0.153 e. The van der Waals surface area contributed by atoms with E-state index >= 15 is 0 Å². The average Bonchev–Trinajstić information content (AvgIpc) is 2.76. The molecule has 3 heteroatoms. The van der Waals surface area contributed by atoms with Crippen LogP contribution in [0.25, 0.3) is 32.3 Å². The van der Waals surface area contributed by atoms with Crippen LogP contribution in [0, 0.1) is 0 Å². The molecule has 0 unspecified atom stereocenters. The number of carbonyl (C=O) groups is 2. The van der Waals surface area contributed by atoms with Crippen molar-refractivity contribution in [1.82, 2.24) is 0 Å². The number of fused-ring (bicyclic) bond motifs is 6. The maximum absolute atomic E-state index is 11.7. The van der Waals surface area contributed by atoms with Gasteiger partial charge in [-0.1, -0.05) is 62.2 Å². The average molecular weight is 370 g/mol. The summed E-state index contributed by atoms with van der Waals surface area (Å²) >= 11 is 0. The number of ether oxygens (including phenoxy) is 1. The third-order valence-electron chi connectivity index (χ3n) is 5.27. The van der Waals surface area contributed by atoms with E-state index in [-0.39, 0.29) is 0 Å². The van der Waals surface area contributed by atoms with Crippen molar-refractivity contribution in [3.05, 3.63) is 65.7 Å². The Bertz CT molecular complexity index is 1170. The fourth-order valence-corrected chi connectivity index (χ4v) is 3.89. The molecule has 0 aromatic heterocycles. The molecule has 4 rings (SSSR count). The third-order valence-corrected chi connectivity index (χ3v) is 5.27. The highest BCUT2D eigenvalue weighted by Gasteiger charge is 2.16. The zero-order valence-corrected chi connectivity index (χ0v) is 15.9. The van der Waals surface area contributed by atoms with Crippen LogP contribution in [0.3, 0.4) is 0 Å². The zero-order valence-electron chi connectivity index (χ0n) is 15.9. The largest absolute Gasteiger partial charge is 0.492 e. The number of hydrogen-bond donors (Lipinski definition) is 0. The molecule has 0 spiro atoms. The van der Waals surface area contributed by atoms with Crippen molar-refractivity contribution in [2.45, 2.75) is 26.2 Å². The number of benzene rings is 4. The summed E-state index contributed by atoms with van der Waals surface area (Å²) in [5.74, 6) is 0.654. The minimum absolute atomic E-state index is 0.568. The lowest BCUT2D eigenvalue weighted by Crippen LogP contribution is -2.01. The lowest BCUT2D eigenvalue weighted by molar-refractivity contribution is 0.111. The summed E-state index contributed by atoms with van der Waals surface area (Å²) in [6.45, 7) is 2.74. The van der Waals surface area contributed by atoms with Crippen LogP contribution in [0.4, 0.5) is 0 Å². The van der Waals surface area contributed by atoms with Crippen LogP contribution in [-0.2, 0) is 0 Å². The van der Waals surface area contributed by atoms with Gasteiger partial charge in [0.1, 0.15) is 12.0 Å². The fraction of sp³-hybridized carbons (Fsp3) is 0.200. The highest BCUT2D eigenvalue weighted by molar-refractivity contribution is 6.27. The first-order valence-electron chi connectivity index (χ1n) is 9.72. The Labute approximate surface area is 163 Å². The molecule has 4 aromatic rings. The summed E-state index contributed by atoms with van der Waals surface area (Å²) in [6.07, 6.45) is 4.91. The number of carbonyl (C=O) groups excluding carboxylic acids is 2. The molecule has 0 amide bonds. The summed E-state index contributed by atoms with van der Waals surface area (Å²) in [6, 6.07) is 17.6. The van der Waals surface area contributed by atoms with Crippen molar-refractivity contribution >= 4 is 44.9 Å². The molecule has 0 fully saturated rings. The SMILES string of the molecule is CCCCCOc1c(C=O)ccc2c3ccc(C=O)cc3c3ccccc3c12. The van der Waals surface area contributed by atoms with Gasteiger partial charge in [-0.25, -0.2) is 0 Å². The molecule has 28 heavy (non-hydrogen) atoms. The Kier molecular flexibility index (Phi) is 5.07. The fourth-order valence-electron chi connectivity index (χ4n) is 3.89. The van der Waals surface area contributed by atoms with Crippen LogP contribution in [-0.4, -0.2) is 19.2 Å². The topological polar surface area (TPSA) is 43.4 Å². The van der Waals surface area contributed by atoms with E-state index in [1.807, 2.05) is 42.5 Å². The second-order valence-corrected chi connectivity index (χ2v) is 7.05. The lowest BCUT2D eigenvalue weighted by atomic mass is 9.92. The molecule has 0 saturated heterocycles. The van der Waals surface area contributed by atoms with E-state index in [1.165, 1.54) is 0 Å². The first-order chi connectivity index (χ1) is 13.8. The lowest BCUT2D eigenvalue weighted by Gasteiger charge is -2.16. The van der Waals surface area contributed by atoms with Gasteiger partial charge < -0.3 is 4.74 Å². The third kappa shape index (κ3) is 3.03. The predicted octanol–water partition coefficient (Wildman–Crippen LogP) is 6.34. The number of hydrogen-bond acceptors (Lipinski definition) is 3. The number of unbranched alkanes of at least 4 members (excludes halogenated alkanes) is 2. The van der Waals surface area contributed by atoms with Gasteiger partial charge in [0.2, 0.25) is 0 Å². The van der Waals surface area contributed by atoms with E-state index < -0.39 is 0 Å². The van der Waals surface area contributed by atoms with Crippen molar-refractivity contribution in [3.63, 3.8) is 0 Å². The zero-order chi connectivity index (χ0) is 19.5. The molecule has 0 N–H and O–H groups in total. The van der Waals surface area contributed by atoms with Gasteiger partial charge in [-0.2, -0.15) is 0 Å². The normalized spacial score (nSPS) is 11.2. The number of aldehydes is 2. The summed E-state index contributed by atoms with van der Waals surface area (Å²) in [5, 5.41) is 6.15. The first-order valence-corrected chi connectivity index (χ1v) is 9.72. The highest BCUT2D eigenvalue weighted by atomic mass is 16.5. The Morgan fingerprint density at radius 2 is 1.50 bits per heavy atom. The predicted molar refractivity (Wildman–Crippen MR) is 115 cm³/mol. The summed E-state index contributed by atoms with van der Waals surface area (Å²) in [4.78, 5) is 23.0. The van der Waals surface area contributed by atoms with Gasteiger partial charge in [0, 0.05) is 10.9 Å². The maximum Gasteiger partial charge on any atom is 0.153 e. The van der Waals surface area contributed by atoms with Crippen molar-refractivity contribution in [1.29, 1.82) is 0 Å². The minimum Gasteiger partial charge on any atom is -0.492 e. The number of rotatable bonds is 7. The van der Waals surface area contributed by atoms with E-state index in [2.05, 4.69) is 19.1 Å². The molecule has 0 bridgehead atoms. The second-order valence-electron chi connectivity index (χ2n) is 7.05. The molecule has 0 aliphatic rings. The van der Waals surface area contributed by atoms with Crippen molar-refractivity contribution in [2.24, 2.45) is 0 Å². The summed E-state index contributed by atoms with van der Waals surface area (Å²) in [5.41, 5.74) is 1.22. The molecule has 0 aliphatic carbocycles. The van der Waals surface area contributed by atoms with E-state index in [0.717, 1.165) is 64.2 Å². The van der Waals surface area contributed by atoms with Crippen LogP contribution in [0.5, 0.6) is 5.75 Å². The Morgan fingerprint density at radius 3 is 2.25 bits per heavy atom. The van der Waals surface area contributed by atoms with E-state index in [9.17, 15) is 9.59 Å². The Morgan fingerprint density at radius 1 is 0.786 bits per heavy atom. The molecule has 0 radical (unpaired) electrons. The molecule has 0 saturated carbocycles. The molecule has 0 atom stereocenters.